The van der Waals surface area contributed by atoms with Crippen molar-refractivity contribution in [2.45, 2.75) is 6.54 Å². The highest BCUT2D eigenvalue weighted by atomic mass is 35.5. The summed E-state index contributed by atoms with van der Waals surface area (Å²) in [6.45, 7) is 0.0392. The molecule has 8 heteroatoms. The Labute approximate surface area is 157 Å². The maximum atomic E-state index is 13.7. The third-order valence-electron chi connectivity index (χ3n) is 3.77. The number of para-hydroxylation sites is 1. The molecule has 4 aromatic rings. The lowest BCUT2D eigenvalue weighted by atomic mass is 10.2. The molecule has 5 nitrogen and oxygen atoms in total. The molecule has 0 bridgehead atoms. The van der Waals surface area contributed by atoms with Crippen molar-refractivity contribution in [3.63, 3.8) is 0 Å². The second-order valence-corrected chi connectivity index (χ2v) is 7.00. The summed E-state index contributed by atoms with van der Waals surface area (Å²) >= 11 is 7.34. The number of hydrogen-bond donors (Lipinski definition) is 1. The van der Waals surface area contributed by atoms with Gasteiger partial charge >= 0.3 is 0 Å². The number of nitrogens with one attached hydrogen (secondary N) is 1. The lowest BCUT2D eigenvalue weighted by molar-refractivity contribution is 0.0950. The molecule has 0 aliphatic rings. The fraction of sp³-hybridized carbons (Fsp3) is 0.0556. The summed E-state index contributed by atoms with van der Waals surface area (Å²) in [7, 11) is 0. The van der Waals surface area contributed by atoms with Crippen LogP contribution >= 0.6 is 22.9 Å². The number of rotatable bonds is 4. The summed E-state index contributed by atoms with van der Waals surface area (Å²) in [6, 6.07) is 12.0. The van der Waals surface area contributed by atoms with Crippen molar-refractivity contribution in [1.29, 1.82) is 0 Å². The first-order valence-corrected chi connectivity index (χ1v) is 8.92. The summed E-state index contributed by atoms with van der Waals surface area (Å²) in [5, 5.41) is 7.95. The Hall–Kier alpha value is -2.77. The van der Waals surface area contributed by atoms with Crippen molar-refractivity contribution in [1.82, 2.24) is 20.1 Å². The number of hydrogen-bond acceptors (Lipinski definition) is 4. The molecule has 2 aromatic heterocycles. The first-order valence-electron chi connectivity index (χ1n) is 7.73. The van der Waals surface area contributed by atoms with Crippen LogP contribution in [0.3, 0.4) is 0 Å². The third-order valence-corrected chi connectivity index (χ3v) is 5.03. The van der Waals surface area contributed by atoms with Crippen molar-refractivity contribution in [2.75, 3.05) is 0 Å². The second kappa shape index (κ2) is 6.86. The molecule has 26 heavy (non-hydrogen) atoms. The van der Waals surface area contributed by atoms with E-state index in [2.05, 4.69) is 15.4 Å². The van der Waals surface area contributed by atoms with Crippen LogP contribution in [0, 0.1) is 5.82 Å². The predicted molar refractivity (Wildman–Crippen MR) is 99.3 cm³/mol. The first-order chi connectivity index (χ1) is 12.6. The highest BCUT2D eigenvalue weighted by molar-refractivity contribution is 7.20. The number of fused-ring (bicyclic) bond motifs is 1. The average Bonchev–Trinajstić information content (AvgIpc) is 3.28. The van der Waals surface area contributed by atoms with Crippen LogP contribution in [0.2, 0.25) is 5.02 Å². The van der Waals surface area contributed by atoms with Gasteiger partial charge in [0, 0.05) is 23.3 Å². The molecule has 0 aliphatic heterocycles. The minimum atomic E-state index is -0.417. The summed E-state index contributed by atoms with van der Waals surface area (Å²) in [5.41, 5.74) is 1.57. The van der Waals surface area contributed by atoms with Crippen LogP contribution in [0.25, 0.3) is 15.3 Å². The van der Waals surface area contributed by atoms with Gasteiger partial charge in [-0.1, -0.05) is 35.1 Å². The maximum absolute atomic E-state index is 13.7. The van der Waals surface area contributed by atoms with E-state index in [0.717, 1.165) is 10.2 Å². The van der Waals surface area contributed by atoms with Crippen molar-refractivity contribution in [3.8, 4) is 5.13 Å². The highest BCUT2D eigenvalue weighted by Crippen LogP contribution is 2.24. The molecule has 0 saturated carbocycles. The van der Waals surface area contributed by atoms with E-state index in [0.29, 0.717) is 21.3 Å². The van der Waals surface area contributed by atoms with Crippen molar-refractivity contribution in [3.05, 3.63) is 76.8 Å². The van der Waals surface area contributed by atoms with Gasteiger partial charge in [-0.2, -0.15) is 5.10 Å². The molecular weight excluding hydrogens is 375 g/mol. The Morgan fingerprint density at radius 1 is 1.27 bits per heavy atom. The molecule has 0 radical (unpaired) electrons. The minimum absolute atomic E-state index is 0.0392. The lowest BCUT2D eigenvalue weighted by Gasteiger charge is -2.05. The SMILES string of the molecule is O=C(NCc1cc(Cl)ccc1F)c1cnn(-c2nc3ccccc3s2)c1. The van der Waals surface area contributed by atoms with Gasteiger partial charge in [-0.05, 0) is 30.3 Å². The monoisotopic (exact) mass is 386 g/mol. The molecule has 1 amide bonds. The van der Waals surface area contributed by atoms with Crippen LogP contribution in [-0.2, 0) is 6.54 Å². The molecule has 2 aromatic carbocycles. The van der Waals surface area contributed by atoms with E-state index in [1.807, 2.05) is 24.3 Å². The number of carbonyl (C=O) groups excluding carboxylic acids is 1. The van der Waals surface area contributed by atoms with E-state index in [9.17, 15) is 9.18 Å². The number of nitrogens with zero attached hydrogens (tertiary/aromatic N) is 3. The predicted octanol–water partition coefficient (Wildman–Crippen LogP) is 4.20. The molecule has 0 saturated heterocycles. The summed E-state index contributed by atoms with van der Waals surface area (Å²) in [6.07, 6.45) is 3.05. The number of thiazole rings is 1. The number of aromatic nitrogens is 3. The standard InChI is InChI=1S/C18H12ClFN4OS/c19-13-5-6-14(20)11(7-13)8-21-17(25)12-9-22-24(10-12)18-23-15-3-1-2-4-16(15)26-18/h1-7,9-10H,8H2,(H,21,25). The lowest BCUT2D eigenvalue weighted by Crippen LogP contribution is -2.22. The number of benzene rings is 2. The molecular formula is C18H12ClFN4OS. The van der Waals surface area contributed by atoms with Gasteiger partial charge in [-0.25, -0.2) is 14.1 Å². The summed E-state index contributed by atoms with van der Waals surface area (Å²) < 4.78 is 16.3. The summed E-state index contributed by atoms with van der Waals surface area (Å²) in [5.74, 6) is -0.767. The van der Waals surface area contributed by atoms with Crippen LogP contribution in [0.15, 0.2) is 54.9 Å². The quantitative estimate of drug-likeness (QED) is 0.571. The van der Waals surface area contributed by atoms with E-state index >= 15 is 0 Å². The van der Waals surface area contributed by atoms with E-state index in [-0.39, 0.29) is 12.5 Å². The number of carbonyl (C=O) groups is 1. The molecule has 1 N–H and O–H groups in total. The molecule has 130 valence electrons. The normalized spacial score (nSPS) is 11.0. The maximum Gasteiger partial charge on any atom is 0.254 e. The number of halogens is 2. The Kier molecular flexibility index (Phi) is 4.40. The van der Waals surface area contributed by atoms with Crippen LogP contribution in [-0.4, -0.2) is 20.7 Å². The molecule has 0 atom stereocenters. The van der Waals surface area contributed by atoms with Gasteiger partial charge in [0.2, 0.25) is 5.13 Å². The van der Waals surface area contributed by atoms with Gasteiger partial charge in [-0.3, -0.25) is 4.79 Å². The van der Waals surface area contributed by atoms with Crippen LogP contribution in [0.5, 0.6) is 0 Å². The fourth-order valence-corrected chi connectivity index (χ4v) is 3.55. The van der Waals surface area contributed by atoms with E-state index in [1.54, 1.807) is 10.9 Å². The Morgan fingerprint density at radius 2 is 2.12 bits per heavy atom. The smallest absolute Gasteiger partial charge is 0.254 e. The largest absolute Gasteiger partial charge is 0.348 e. The molecule has 0 unspecified atom stereocenters. The molecule has 0 spiro atoms. The van der Waals surface area contributed by atoms with E-state index < -0.39 is 5.82 Å². The van der Waals surface area contributed by atoms with Crippen molar-refractivity contribution in [2.24, 2.45) is 0 Å². The Balaban J connectivity index is 1.50. The fourth-order valence-electron chi connectivity index (χ4n) is 2.46. The van der Waals surface area contributed by atoms with Crippen molar-refractivity contribution >= 4 is 39.1 Å². The highest BCUT2D eigenvalue weighted by Gasteiger charge is 2.13. The van der Waals surface area contributed by atoms with E-state index in [1.165, 1.54) is 35.7 Å². The topological polar surface area (TPSA) is 59.8 Å². The Morgan fingerprint density at radius 3 is 2.96 bits per heavy atom. The molecule has 4 rings (SSSR count). The zero-order valence-electron chi connectivity index (χ0n) is 13.3. The van der Waals surface area contributed by atoms with Gasteiger partial charge in [0.15, 0.2) is 0 Å². The van der Waals surface area contributed by atoms with Crippen LogP contribution in [0.4, 0.5) is 4.39 Å². The second-order valence-electron chi connectivity index (χ2n) is 5.56. The third kappa shape index (κ3) is 3.31. The van der Waals surface area contributed by atoms with Gasteiger partial charge in [-0.15, -0.1) is 0 Å². The molecule has 0 aliphatic carbocycles. The van der Waals surface area contributed by atoms with Crippen LogP contribution < -0.4 is 5.32 Å². The van der Waals surface area contributed by atoms with Crippen molar-refractivity contribution < 1.29 is 9.18 Å². The van der Waals surface area contributed by atoms with Crippen LogP contribution in [0.1, 0.15) is 15.9 Å². The zero-order valence-corrected chi connectivity index (χ0v) is 14.9. The van der Waals surface area contributed by atoms with Gasteiger partial charge < -0.3 is 5.32 Å². The zero-order chi connectivity index (χ0) is 18.1. The minimum Gasteiger partial charge on any atom is -0.348 e. The van der Waals surface area contributed by atoms with Gasteiger partial charge in [0.25, 0.3) is 5.91 Å². The molecule has 2 heterocycles. The van der Waals surface area contributed by atoms with Gasteiger partial charge in [0.05, 0.1) is 22.0 Å². The van der Waals surface area contributed by atoms with Gasteiger partial charge in [0.1, 0.15) is 5.82 Å². The average molecular weight is 387 g/mol. The first kappa shape index (κ1) is 16.7. The molecule has 0 fully saturated rings. The van der Waals surface area contributed by atoms with E-state index in [4.69, 9.17) is 11.6 Å². The summed E-state index contributed by atoms with van der Waals surface area (Å²) in [4.78, 5) is 16.8. The Bertz CT molecular complexity index is 1070. The number of amides is 1.